The minimum absolute atomic E-state index is 0.227. The van der Waals surface area contributed by atoms with Crippen molar-refractivity contribution in [2.45, 2.75) is 77.7 Å². The molecule has 19 heavy (non-hydrogen) atoms. The molecule has 0 heterocycles. The molecule has 3 nitrogen and oxygen atoms in total. The fourth-order valence-corrected chi connectivity index (χ4v) is 2.29. The number of rotatable bonds is 1. The molecule has 1 rings (SSSR count). The lowest BCUT2D eigenvalue weighted by molar-refractivity contribution is -0.148. The van der Waals surface area contributed by atoms with E-state index in [2.05, 4.69) is 0 Å². The van der Waals surface area contributed by atoms with E-state index >= 15 is 0 Å². The summed E-state index contributed by atoms with van der Waals surface area (Å²) in [6, 6.07) is 0. The third-order valence-electron chi connectivity index (χ3n) is 3.18. The van der Waals surface area contributed by atoms with Gasteiger partial charge in [0.1, 0.15) is 5.60 Å². The maximum Gasteiger partial charge on any atom is 0.331 e. The number of allylic oxidation sites excluding steroid dienone is 1. The average molecular weight is 265 g/mol. The van der Waals surface area contributed by atoms with Crippen LogP contribution in [0, 0.1) is 5.41 Å². The van der Waals surface area contributed by atoms with Crippen molar-refractivity contribution in [3.05, 3.63) is 11.6 Å². The van der Waals surface area contributed by atoms with Crippen LogP contribution in [-0.2, 0) is 9.53 Å². The molecule has 1 saturated carbocycles. The molecule has 0 bridgehead atoms. The van der Waals surface area contributed by atoms with Crippen molar-refractivity contribution in [1.82, 2.24) is 0 Å². The van der Waals surface area contributed by atoms with Crippen LogP contribution in [0.1, 0.15) is 72.1 Å². The van der Waals surface area contributed by atoms with Gasteiger partial charge >= 0.3 is 5.97 Å². The second-order valence-electron chi connectivity index (χ2n) is 6.35. The fraction of sp³-hybridized carbons (Fsp3) is 0.750. The van der Waals surface area contributed by atoms with Gasteiger partial charge in [-0.05, 0) is 65.7 Å². The van der Waals surface area contributed by atoms with Crippen molar-refractivity contribution in [1.29, 1.82) is 5.41 Å². The normalized spacial score (nSPS) is 21.2. The molecule has 1 aliphatic carbocycles. The van der Waals surface area contributed by atoms with Crippen LogP contribution in [0.4, 0.5) is 0 Å². The van der Waals surface area contributed by atoms with E-state index in [1.807, 2.05) is 20.8 Å². The van der Waals surface area contributed by atoms with Gasteiger partial charge in [0.25, 0.3) is 0 Å². The molecular weight excluding hydrogens is 238 g/mol. The summed E-state index contributed by atoms with van der Waals surface area (Å²) >= 11 is 0. The third kappa shape index (κ3) is 7.81. The van der Waals surface area contributed by atoms with Crippen LogP contribution in [-0.4, -0.2) is 17.3 Å². The zero-order valence-corrected chi connectivity index (χ0v) is 12.6. The second-order valence-corrected chi connectivity index (χ2v) is 6.35. The lowest BCUT2D eigenvalue weighted by Crippen LogP contribution is -2.22. The van der Waals surface area contributed by atoms with Crippen LogP contribution < -0.4 is 0 Å². The molecule has 0 spiro atoms. The van der Waals surface area contributed by atoms with E-state index in [0.29, 0.717) is 0 Å². The van der Waals surface area contributed by atoms with Crippen LogP contribution in [0.15, 0.2) is 11.6 Å². The number of carbonyl (C=O) groups is 1. The fourth-order valence-electron chi connectivity index (χ4n) is 2.29. The smallest absolute Gasteiger partial charge is 0.331 e. The van der Waals surface area contributed by atoms with Crippen LogP contribution in [0.3, 0.4) is 0 Å². The van der Waals surface area contributed by atoms with Crippen molar-refractivity contribution < 1.29 is 9.53 Å². The maximum absolute atomic E-state index is 11.8. The van der Waals surface area contributed by atoms with Crippen molar-refractivity contribution >= 4 is 11.7 Å². The molecule has 1 fully saturated rings. The average Bonchev–Trinajstić information content (AvgIpc) is 2.25. The van der Waals surface area contributed by atoms with E-state index in [-0.39, 0.29) is 5.97 Å². The molecule has 0 aromatic heterocycles. The first kappa shape index (κ1) is 15.9. The number of hydrogen-bond acceptors (Lipinski definition) is 3. The van der Waals surface area contributed by atoms with E-state index < -0.39 is 5.60 Å². The van der Waals surface area contributed by atoms with E-state index in [4.69, 9.17) is 10.1 Å². The molecule has 0 unspecified atom stereocenters. The highest BCUT2D eigenvalue weighted by atomic mass is 16.6. The molecule has 0 radical (unpaired) electrons. The Morgan fingerprint density at radius 3 is 2.32 bits per heavy atom. The highest BCUT2D eigenvalue weighted by molar-refractivity contribution is 5.83. The Morgan fingerprint density at radius 1 is 1.05 bits per heavy atom. The Kier molecular flexibility index (Phi) is 6.26. The molecule has 1 N–H and O–H groups in total. The standard InChI is InChI=1S/C16H27NO2/c1-16(2,3)19-15(18)12-13-8-5-4-6-10-14(17)11-7-9-13/h12,17H,4-11H2,1-3H3/b13-12-,17-14?. The second kappa shape index (κ2) is 7.46. The van der Waals surface area contributed by atoms with Gasteiger partial charge in [0.2, 0.25) is 0 Å². The molecule has 0 amide bonds. The highest BCUT2D eigenvalue weighted by Crippen LogP contribution is 2.20. The summed E-state index contributed by atoms with van der Waals surface area (Å²) < 4.78 is 5.33. The van der Waals surface area contributed by atoms with Crippen molar-refractivity contribution in [2.24, 2.45) is 0 Å². The topological polar surface area (TPSA) is 50.2 Å². The molecule has 1 aliphatic rings. The molecular formula is C16H27NO2. The predicted molar refractivity (Wildman–Crippen MR) is 78.6 cm³/mol. The number of esters is 1. The lowest BCUT2D eigenvalue weighted by atomic mass is 9.96. The van der Waals surface area contributed by atoms with Gasteiger partial charge in [-0.15, -0.1) is 0 Å². The highest BCUT2D eigenvalue weighted by Gasteiger charge is 2.15. The van der Waals surface area contributed by atoms with Crippen molar-refractivity contribution in [3.8, 4) is 0 Å². The van der Waals surface area contributed by atoms with Gasteiger partial charge in [0, 0.05) is 11.8 Å². The van der Waals surface area contributed by atoms with Gasteiger partial charge in [-0.25, -0.2) is 4.79 Å². The number of nitrogens with one attached hydrogen (secondary N) is 1. The third-order valence-corrected chi connectivity index (χ3v) is 3.18. The Balaban J connectivity index is 2.57. The van der Waals surface area contributed by atoms with Gasteiger partial charge < -0.3 is 10.1 Å². The first-order valence-electron chi connectivity index (χ1n) is 7.35. The van der Waals surface area contributed by atoms with Gasteiger partial charge in [-0.1, -0.05) is 12.0 Å². The number of ether oxygens (including phenoxy) is 1. The van der Waals surface area contributed by atoms with E-state index in [9.17, 15) is 4.79 Å². The van der Waals surface area contributed by atoms with Crippen LogP contribution in [0.25, 0.3) is 0 Å². The Bertz CT molecular complexity index is 350. The molecule has 0 saturated heterocycles. The maximum atomic E-state index is 11.8. The Hall–Kier alpha value is -1.12. The first-order valence-corrected chi connectivity index (χ1v) is 7.35. The summed E-state index contributed by atoms with van der Waals surface area (Å²) in [4.78, 5) is 11.8. The molecule has 0 aromatic carbocycles. The summed E-state index contributed by atoms with van der Waals surface area (Å²) in [6.45, 7) is 5.66. The molecule has 0 aromatic rings. The Morgan fingerprint density at radius 2 is 1.63 bits per heavy atom. The summed E-state index contributed by atoms with van der Waals surface area (Å²) in [7, 11) is 0. The monoisotopic (exact) mass is 265 g/mol. The summed E-state index contributed by atoms with van der Waals surface area (Å²) in [5.74, 6) is -0.227. The minimum atomic E-state index is -0.424. The molecule has 108 valence electrons. The zero-order valence-electron chi connectivity index (χ0n) is 12.6. The lowest BCUT2D eigenvalue weighted by Gasteiger charge is -2.19. The molecule has 0 aliphatic heterocycles. The molecule has 0 atom stereocenters. The number of hydrogen-bond donors (Lipinski definition) is 1. The first-order chi connectivity index (χ1) is 8.87. The minimum Gasteiger partial charge on any atom is -0.457 e. The van der Waals surface area contributed by atoms with Gasteiger partial charge in [-0.2, -0.15) is 0 Å². The van der Waals surface area contributed by atoms with Gasteiger partial charge in [0.05, 0.1) is 0 Å². The van der Waals surface area contributed by atoms with E-state index in [0.717, 1.165) is 57.1 Å². The van der Waals surface area contributed by atoms with Crippen LogP contribution in [0.5, 0.6) is 0 Å². The zero-order chi connectivity index (χ0) is 14.3. The predicted octanol–water partition coefficient (Wildman–Crippen LogP) is 4.41. The Labute approximate surface area is 116 Å². The van der Waals surface area contributed by atoms with Crippen LogP contribution in [0.2, 0.25) is 0 Å². The number of carbonyl (C=O) groups excluding carboxylic acids is 1. The quantitative estimate of drug-likeness (QED) is 0.564. The van der Waals surface area contributed by atoms with Crippen molar-refractivity contribution in [3.63, 3.8) is 0 Å². The van der Waals surface area contributed by atoms with Gasteiger partial charge in [-0.3, -0.25) is 0 Å². The van der Waals surface area contributed by atoms with Crippen molar-refractivity contribution in [2.75, 3.05) is 0 Å². The van der Waals surface area contributed by atoms with E-state index in [1.165, 1.54) is 5.57 Å². The molecule has 3 heteroatoms. The summed E-state index contributed by atoms with van der Waals surface area (Å²) in [5.41, 5.74) is 1.62. The van der Waals surface area contributed by atoms with Crippen LogP contribution >= 0.6 is 0 Å². The SMILES string of the molecule is CC(C)(C)OC(=O)/C=C1/CCCCCC(=N)CCC1. The van der Waals surface area contributed by atoms with Gasteiger partial charge in [0.15, 0.2) is 0 Å². The summed E-state index contributed by atoms with van der Waals surface area (Å²) in [6.07, 6.45) is 9.75. The summed E-state index contributed by atoms with van der Waals surface area (Å²) in [5, 5.41) is 7.81. The van der Waals surface area contributed by atoms with E-state index in [1.54, 1.807) is 6.08 Å². The largest absolute Gasteiger partial charge is 0.457 e.